The normalized spacial score (nSPS) is 12.0. The standard InChI is InChI=1S/C45H29N5/c1-4-14-32(15-5-1)47-38-22-12-10-20-35(38)37-28-30(24-26-40(37)47)31-25-27-41-42(29-31)49(34-18-8-3-9-19-34)45-46-43-36-21-11-13-23-39(36)48(44(43)50(41)45)33-16-6-2-7-17-33/h1-29H. The van der Waals surface area contributed by atoms with Crippen LogP contribution < -0.4 is 0 Å². The van der Waals surface area contributed by atoms with Gasteiger partial charge < -0.3 is 4.57 Å². The molecule has 0 fully saturated rings. The van der Waals surface area contributed by atoms with E-state index in [1.807, 2.05) is 0 Å². The second-order valence-electron chi connectivity index (χ2n) is 12.9. The highest BCUT2D eigenvalue weighted by Crippen LogP contribution is 2.39. The number of rotatable bonds is 4. The van der Waals surface area contributed by atoms with Crippen molar-refractivity contribution in [2.75, 3.05) is 0 Å². The molecule has 7 aromatic carbocycles. The summed E-state index contributed by atoms with van der Waals surface area (Å²) in [5.74, 6) is 0.894. The Bertz CT molecular complexity index is 3070. The van der Waals surface area contributed by atoms with E-state index in [0.717, 1.165) is 61.5 Å². The molecule has 234 valence electrons. The Morgan fingerprint density at radius 2 is 0.840 bits per heavy atom. The van der Waals surface area contributed by atoms with E-state index in [1.54, 1.807) is 0 Å². The maximum absolute atomic E-state index is 5.41. The smallest absolute Gasteiger partial charge is 0.221 e. The van der Waals surface area contributed by atoms with E-state index in [-0.39, 0.29) is 0 Å². The summed E-state index contributed by atoms with van der Waals surface area (Å²) in [4.78, 5) is 5.41. The number of nitrogens with zero attached hydrogens (tertiary/aromatic N) is 5. The lowest BCUT2D eigenvalue weighted by molar-refractivity contribution is 1.08. The fourth-order valence-corrected chi connectivity index (χ4v) is 8.00. The number of hydrogen-bond donors (Lipinski definition) is 0. The molecular weight excluding hydrogens is 611 g/mol. The van der Waals surface area contributed by atoms with Crippen molar-refractivity contribution in [3.05, 3.63) is 176 Å². The first-order valence-corrected chi connectivity index (χ1v) is 17.0. The van der Waals surface area contributed by atoms with E-state index in [2.05, 4.69) is 194 Å². The third-order valence-corrected chi connectivity index (χ3v) is 10.2. The van der Waals surface area contributed by atoms with Crippen LogP contribution in [0, 0.1) is 0 Å². The fourth-order valence-electron chi connectivity index (χ4n) is 8.00. The topological polar surface area (TPSA) is 32.1 Å². The van der Waals surface area contributed by atoms with Crippen LogP contribution in [0.4, 0.5) is 0 Å². The van der Waals surface area contributed by atoms with Crippen LogP contribution in [0.3, 0.4) is 0 Å². The number of hydrogen-bond acceptors (Lipinski definition) is 1. The average molecular weight is 640 g/mol. The lowest BCUT2D eigenvalue weighted by Gasteiger charge is -2.09. The Labute approximate surface area is 287 Å². The monoisotopic (exact) mass is 639 g/mol. The summed E-state index contributed by atoms with van der Waals surface area (Å²) in [6, 6.07) is 62.9. The molecule has 0 aliphatic rings. The van der Waals surface area contributed by atoms with Crippen LogP contribution in [-0.4, -0.2) is 23.1 Å². The predicted molar refractivity (Wildman–Crippen MR) is 206 cm³/mol. The summed E-state index contributed by atoms with van der Waals surface area (Å²) in [6.45, 7) is 0. The van der Waals surface area contributed by atoms with Crippen LogP contribution in [-0.2, 0) is 0 Å². The maximum atomic E-state index is 5.41. The highest BCUT2D eigenvalue weighted by atomic mass is 15.3. The van der Waals surface area contributed by atoms with Gasteiger partial charge in [0.15, 0.2) is 5.65 Å². The molecule has 5 nitrogen and oxygen atoms in total. The minimum absolute atomic E-state index is 0.894. The van der Waals surface area contributed by atoms with Gasteiger partial charge >= 0.3 is 0 Å². The zero-order valence-electron chi connectivity index (χ0n) is 27.0. The lowest BCUT2D eigenvalue weighted by Crippen LogP contribution is -1.97. The number of fused-ring (bicyclic) bond motifs is 10. The second kappa shape index (κ2) is 10.3. The molecule has 0 atom stereocenters. The quantitative estimate of drug-likeness (QED) is 0.189. The van der Waals surface area contributed by atoms with Gasteiger partial charge in [0, 0.05) is 33.2 Å². The van der Waals surface area contributed by atoms with Crippen molar-refractivity contribution in [2.24, 2.45) is 0 Å². The van der Waals surface area contributed by atoms with E-state index < -0.39 is 0 Å². The van der Waals surface area contributed by atoms with Crippen molar-refractivity contribution >= 4 is 60.7 Å². The molecule has 0 amide bonds. The molecular formula is C45H29N5. The summed E-state index contributed by atoms with van der Waals surface area (Å²) in [5, 5.41) is 3.63. The second-order valence-corrected chi connectivity index (χ2v) is 12.9. The third-order valence-electron chi connectivity index (χ3n) is 10.2. The zero-order chi connectivity index (χ0) is 32.8. The van der Waals surface area contributed by atoms with Crippen molar-refractivity contribution in [1.82, 2.24) is 23.1 Å². The van der Waals surface area contributed by atoms with E-state index in [0.29, 0.717) is 0 Å². The molecule has 0 N–H and O–H groups in total. The molecule has 0 aliphatic carbocycles. The van der Waals surface area contributed by atoms with Gasteiger partial charge in [-0.15, -0.1) is 0 Å². The van der Waals surface area contributed by atoms with E-state index >= 15 is 0 Å². The molecule has 4 aromatic heterocycles. The summed E-state index contributed by atoms with van der Waals surface area (Å²) in [6.07, 6.45) is 0. The summed E-state index contributed by atoms with van der Waals surface area (Å²) in [5.41, 5.74) is 13.5. The minimum Gasteiger partial charge on any atom is -0.309 e. The third kappa shape index (κ3) is 3.74. The van der Waals surface area contributed by atoms with E-state index in [4.69, 9.17) is 4.98 Å². The number of imidazole rings is 2. The Balaban J connectivity index is 1.20. The van der Waals surface area contributed by atoms with E-state index in [9.17, 15) is 0 Å². The molecule has 0 saturated carbocycles. The Morgan fingerprint density at radius 3 is 1.52 bits per heavy atom. The van der Waals surface area contributed by atoms with Gasteiger partial charge in [0.05, 0.1) is 27.6 Å². The largest absolute Gasteiger partial charge is 0.309 e. The van der Waals surface area contributed by atoms with Crippen LogP contribution in [0.25, 0.3) is 88.9 Å². The van der Waals surface area contributed by atoms with Crippen molar-refractivity contribution in [1.29, 1.82) is 0 Å². The van der Waals surface area contributed by atoms with Crippen LogP contribution in [0.5, 0.6) is 0 Å². The number of para-hydroxylation sites is 5. The van der Waals surface area contributed by atoms with Gasteiger partial charge in [0.2, 0.25) is 5.78 Å². The van der Waals surface area contributed by atoms with Gasteiger partial charge in [0.25, 0.3) is 0 Å². The van der Waals surface area contributed by atoms with Gasteiger partial charge in [-0.25, -0.2) is 4.98 Å². The molecule has 0 saturated heterocycles. The number of aromatic nitrogens is 5. The van der Waals surface area contributed by atoms with Crippen molar-refractivity contribution in [3.8, 4) is 28.2 Å². The first kappa shape index (κ1) is 27.1. The summed E-state index contributed by atoms with van der Waals surface area (Å²) >= 11 is 0. The Hall–Kier alpha value is -6.85. The number of benzene rings is 7. The lowest BCUT2D eigenvalue weighted by atomic mass is 10.0. The zero-order valence-corrected chi connectivity index (χ0v) is 27.0. The maximum Gasteiger partial charge on any atom is 0.221 e. The minimum atomic E-state index is 0.894. The van der Waals surface area contributed by atoms with Crippen LogP contribution >= 0.6 is 0 Å². The molecule has 0 bridgehead atoms. The van der Waals surface area contributed by atoms with Gasteiger partial charge in [0.1, 0.15) is 5.52 Å². The Kier molecular flexibility index (Phi) is 5.60. The van der Waals surface area contributed by atoms with Gasteiger partial charge in [-0.3, -0.25) is 13.5 Å². The van der Waals surface area contributed by atoms with Crippen LogP contribution in [0.1, 0.15) is 0 Å². The first-order chi connectivity index (χ1) is 24.8. The molecule has 0 aliphatic heterocycles. The summed E-state index contributed by atoms with van der Waals surface area (Å²) < 4.78 is 9.36. The molecule has 0 unspecified atom stereocenters. The van der Waals surface area contributed by atoms with Gasteiger partial charge in [-0.1, -0.05) is 103 Å². The first-order valence-electron chi connectivity index (χ1n) is 17.0. The Morgan fingerprint density at radius 1 is 0.340 bits per heavy atom. The summed E-state index contributed by atoms with van der Waals surface area (Å²) in [7, 11) is 0. The van der Waals surface area contributed by atoms with Crippen LogP contribution in [0.2, 0.25) is 0 Å². The van der Waals surface area contributed by atoms with Gasteiger partial charge in [-0.05, 0) is 83.9 Å². The fraction of sp³-hybridized carbons (Fsp3) is 0. The molecule has 4 heterocycles. The molecule has 5 heteroatoms. The average Bonchev–Trinajstić information content (AvgIpc) is 3.90. The molecule has 50 heavy (non-hydrogen) atoms. The van der Waals surface area contributed by atoms with E-state index in [1.165, 1.54) is 27.4 Å². The highest BCUT2D eigenvalue weighted by Gasteiger charge is 2.24. The molecule has 0 radical (unpaired) electrons. The van der Waals surface area contributed by atoms with Gasteiger partial charge in [-0.2, -0.15) is 0 Å². The van der Waals surface area contributed by atoms with Crippen LogP contribution in [0.15, 0.2) is 176 Å². The SMILES string of the molecule is c1ccc(-n2c3ccccc3c3cc(-c4ccc5c(c4)n(-c4ccccc4)c4nc6c7ccccc7n(-c7ccccc7)c6n54)ccc32)cc1. The molecule has 11 aromatic rings. The van der Waals surface area contributed by atoms with Crippen molar-refractivity contribution < 1.29 is 0 Å². The highest BCUT2D eigenvalue weighted by molar-refractivity contribution is 6.11. The molecule has 11 rings (SSSR count). The van der Waals surface area contributed by atoms with Crippen molar-refractivity contribution in [3.63, 3.8) is 0 Å². The predicted octanol–water partition coefficient (Wildman–Crippen LogP) is 11.1. The van der Waals surface area contributed by atoms with Crippen molar-refractivity contribution in [2.45, 2.75) is 0 Å². The molecule has 0 spiro atoms.